The van der Waals surface area contributed by atoms with Crippen LogP contribution in [0.1, 0.15) is 11.3 Å². The van der Waals surface area contributed by atoms with Crippen LogP contribution in [0.5, 0.6) is 0 Å². The number of hydrogen-bond donors (Lipinski definition) is 2. The van der Waals surface area contributed by atoms with Crippen LogP contribution in [-0.2, 0) is 39.1 Å². The molecular formula is C18H24N6O6S. The molecule has 1 aromatic carbocycles. The lowest BCUT2D eigenvalue weighted by Gasteiger charge is -2.24. The van der Waals surface area contributed by atoms with Crippen molar-refractivity contribution < 1.29 is 22.9 Å². The first-order valence-corrected chi connectivity index (χ1v) is 11.2. The minimum atomic E-state index is -3.75. The molecule has 2 heterocycles. The normalized spacial score (nSPS) is 15.0. The fraction of sp³-hybridized carbons (Fsp3) is 0.444. The molecule has 1 aromatic heterocycles. The number of aromatic nitrogens is 2. The molecule has 1 aliphatic rings. The average molecular weight is 452 g/mol. The van der Waals surface area contributed by atoms with Crippen LogP contribution in [-0.4, -0.2) is 66.5 Å². The summed E-state index contributed by atoms with van der Waals surface area (Å²) in [6.45, 7) is 3.17. The molecule has 0 bridgehead atoms. The van der Waals surface area contributed by atoms with Crippen molar-refractivity contribution >= 4 is 21.9 Å². The monoisotopic (exact) mass is 452 g/mol. The molecule has 31 heavy (non-hydrogen) atoms. The van der Waals surface area contributed by atoms with Gasteiger partial charge in [-0.15, -0.1) is 0 Å². The number of benzene rings is 1. The SMILES string of the molecule is NS(=O)(=O)c1ccc(CCNC(=O)Cn2cc(CN3CCOCC3)nc2[N+](=O)[O-])cc1. The van der Waals surface area contributed by atoms with Gasteiger partial charge in [0.15, 0.2) is 12.2 Å². The Kier molecular flexibility index (Phi) is 7.33. The molecule has 1 fully saturated rings. The molecule has 0 radical (unpaired) electrons. The van der Waals surface area contributed by atoms with Gasteiger partial charge < -0.3 is 20.2 Å². The Morgan fingerprint density at radius 3 is 2.55 bits per heavy atom. The number of ether oxygens (including phenoxy) is 1. The standard InChI is InChI=1S/C18H24N6O6S/c19-31(28,29)16-3-1-14(2-4-16)5-6-20-17(25)13-23-12-15(21-18(23)24(26)27)11-22-7-9-30-10-8-22/h1-4,12H,5-11,13H2,(H,20,25)(H2,19,28,29). The summed E-state index contributed by atoms with van der Waals surface area (Å²) >= 11 is 0. The van der Waals surface area contributed by atoms with E-state index in [1.165, 1.54) is 22.9 Å². The Morgan fingerprint density at radius 1 is 1.26 bits per heavy atom. The molecule has 1 aliphatic heterocycles. The van der Waals surface area contributed by atoms with Crippen LogP contribution in [0, 0.1) is 10.1 Å². The predicted molar refractivity (Wildman–Crippen MR) is 110 cm³/mol. The second-order valence-electron chi connectivity index (χ2n) is 7.09. The Bertz CT molecular complexity index is 1030. The highest BCUT2D eigenvalue weighted by Gasteiger charge is 2.23. The van der Waals surface area contributed by atoms with Gasteiger partial charge in [0, 0.05) is 19.6 Å². The van der Waals surface area contributed by atoms with Crippen molar-refractivity contribution in [3.05, 3.63) is 51.8 Å². The van der Waals surface area contributed by atoms with E-state index in [4.69, 9.17) is 9.88 Å². The average Bonchev–Trinajstić information content (AvgIpc) is 3.11. The van der Waals surface area contributed by atoms with E-state index in [0.29, 0.717) is 31.9 Å². The Labute approximate surface area is 179 Å². The van der Waals surface area contributed by atoms with Crippen LogP contribution in [0.15, 0.2) is 35.4 Å². The summed E-state index contributed by atoms with van der Waals surface area (Å²) < 4.78 is 29.0. The van der Waals surface area contributed by atoms with E-state index < -0.39 is 14.9 Å². The van der Waals surface area contributed by atoms with Crippen LogP contribution in [0.3, 0.4) is 0 Å². The van der Waals surface area contributed by atoms with E-state index in [9.17, 15) is 23.3 Å². The largest absolute Gasteiger partial charge is 0.435 e. The molecule has 0 spiro atoms. The van der Waals surface area contributed by atoms with E-state index in [0.717, 1.165) is 18.7 Å². The van der Waals surface area contributed by atoms with Gasteiger partial charge in [-0.25, -0.2) is 18.1 Å². The summed E-state index contributed by atoms with van der Waals surface area (Å²) in [5.74, 6) is -0.767. The van der Waals surface area contributed by atoms with Crippen LogP contribution in [0.2, 0.25) is 0 Å². The number of rotatable bonds is 9. The second kappa shape index (κ2) is 9.96. The van der Waals surface area contributed by atoms with E-state index in [2.05, 4.69) is 15.2 Å². The van der Waals surface area contributed by atoms with Crippen molar-refractivity contribution in [2.45, 2.75) is 24.4 Å². The van der Waals surface area contributed by atoms with Crippen LogP contribution < -0.4 is 10.5 Å². The Morgan fingerprint density at radius 2 is 1.94 bits per heavy atom. The molecule has 1 saturated heterocycles. The predicted octanol–water partition coefficient (Wildman–Crippen LogP) is -0.370. The van der Waals surface area contributed by atoms with E-state index in [1.54, 1.807) is 12.1 Å². The van der Waals surface area contributed by atoms with Crippen molar-refractivity contribution in [3.8, 4) is 0 Å². The molecule has 0 unspecified atom stereocenters. The van der Waals surface area contributed by atoms with Gasteiger partial charge >= 0.3 is 5.95 Å². The van der Waals surface area contributed by atoms with Crippen molar-refractivity contribution in [1.82, 2.24) is 19.8 Å². The zero-order valence-corrected chi connectivity index (χ0v) is 17.6. The van der Waals surface area contributed by atoms with Crippen molar-refractivity contribution in [1.29, 1.82) is 0 Å². The van der Waals surface area contributed by atoms with Crippen molar-refractivity contribution in [2.24, 2.45) is 5.14 Å². The third-order valence-electron chi connectivity index (χ3n) is 4.76. The highest BCUT2D eigenvalue weighted by atomic mass is 32.2. The smallest absolute Gasteiger partial charge is 0.390 e. The summed E-state index contributed by atoms with van der Waals surface area (Å²) in [5, 5.41) is 19.1. The quantitative estimate of drug-likeness (QED) is 0.384. The number of sulfonamides is 1. The molecular weight excluding hydrogens is 428 g/mol. The molecule has 13 heteroatoms. The highest BCUT2D eigenvalue weighted by molar-refractivity contribution is 7.89. The fourth-order valence-electron chi connectivity index (χ4n) is 3.19. The molecule has 0 atom stereocenters. The highest BCUT2D eigenvalue weighted by Crippen LogP contribution is 2.14. The molecule has 1 amide bonds. The number of carbonyl (C=O) groups excluding carboxylic acids is 1. The van der Waals surface area contributed by atoms with Crippen molar-refractivity contribution in [3.63, 3.8) is 0 Å². The molecule has 12 nitrogen and oxygen atoms in total. The van der Waals surface area contributed by atoms with Crippen molar-refractivity contribution in [2.75, 3.05) is 32.8 Å². The number of hydrogen-bond acceptors (Lipinski definition) is 8. The number of amides is 1. The summed E-state index contributed by atoms with van der Waals surface area (Å²) in [7, 11) is -3.75. The summed E-state index contributed by atoms with van der Waals surface area (Å²) in [6.07, 6.45) is 1.99. The zero-order valence-electron chi connectivity index (χ0n) is 16.8. The zero-order chi connectivity index (χ0) is 22.4. The van der Waals surface area contributed by atoms with E-state index >= 15 is 0 Å². The van der Waals surface area contributed by atoms with E-state index in [-0.39, 0.29) is 29.8 Å². The molecule has 3 N–H and O–H groups in total. The lowest BCUT2D eigenvalue weighted by molar-refractivity contribution is -0.396. The number of nitro groups is 1. The summed E-state index contributed by atoms with van der Waals surface area (Å²) in [5.41, 5.74) is 1.34. The molecule has 3 rings (SSSR count). The summed E-state index contributed by atoms with van der Waals surface area (Å²) in [6, 6.07) is 6.03. The molecule has 0 aliphatic carbocycles. The maximum atomic E-state index is 12.3. The minimum absolute atomic E-state index is 0.0144. The lowest BCUT2D eigenvalue weighted by atomic mass is 10.1. The first-order valence-electron chi connectivity index (χ1n) is 9.61. The van der Waals surface area contributed by atoms with Gasteiger partial charge in [-0.3, -0.25) is 9.69 Å². The second-order valence-corrected chi connectivity index (χ2v) is 8.66. The van der Waals surface area contributed by atoms with Gasteiger partial charge in [-0.2, -0.15) is 0 Å². The van der Waals surface area contributed by atoms with E-state index in [1.807, 2.05) is 0 Å². The third-order valence-corrected chi connectivity index (χ3v) is 5.69. The molecule has 2 aromatic rings. The van der Waals surface area contributed by atoms with Gasteiger partial charge in [0.25, 0.3) is 5.91 Å². The number of primary sulfonamides is 1. The van der Waals surface area contributed by atoms with Crippen LogP contribution in [0.25, 0.3) is 0 Å². The Hall–Kier alpha value is -2.87. The number of nitrogens with one attached hydrogen (secondary N) is 1. The van der Waals surface area contributed by atoms with Gasteiger partial charge in [0.2, 0.25) is 10.0 Å². The van der Waals surface area contributed by atoms with Gasteiger partial charge in [0.1, 0.15) is 6.20 Å². The van der Waals surface area contributed by atoms with Gasteiger partial charge in [0.05, 0.1) is 24.7 Å². The number of nitrogens with zero attached hydrogens (tertiary/aromatic N) is 4. The topological polar surface area (TPSA) is 163 Å². The van der Waals surface area contributed by atoms with Gasteiger partial charge in [-0.05, 0) is 29.0 Å². The fourth-order valence-corrected chi connectivity index (χ4v) is 3.70. The number of nitrogens with two attached hydrogens (primary N) is 1. The third kappa shape index (κ3) is 6.55. The maximum absolute atomic E-state index is 12.3. The molecule has 168 valence electrons. The number of imidazole rings is 1. The lowest BCUT2D eigenvalue weighted by Crippen LogP contribution is -2.35. The summed E-state index contributed by atoms with van der Waals surface area (Å²) in [4.78, 5) is 29.1. The van der Waals surface area contributed by atoms with Gasteiger partial charge in [-0.1, -0.05) is 17.1 Å². The van der Waals surface area contributed by atoms with Crippen LogP contribution in [0.4, 0.5) is 5.95 Å². The Balaban J connectivity index is 1.53. The first kappa shape index (κ1) is 22.8. The minimum Gasteiger partial charge on any atom is -0.390 e. The number of carbonyl (C=O) groups is 1. The van der Waals surface area contributed by atoms with Crippen LogP contribution >= 0.6 is 0 Å². The number of morpholine rings is 1. The maximum Gasteiger partial charge on any atom is 0.435 e. The first-order chi connectivity index (χ1) is 14.7. The molecule has 0 saturated carbocycles.